The summed E-state index contributed by atoms with van der Waals surface area (Å²) in [6.45, 7) is 5.08. The van der Waals surface area contributed by atoms with Gasteiger partial charge in [0.05, 0.1) is 17.6 Å². The number of alkyl halides is 3. The van der Waals surface area contributed by atoms with Crippen molar-refractivity contribution in [3.8, 4) is 5.69 Å². The van der Waals surface area contributed by atoms with Crippen molar-refractivity contribution in [2.45, 2.75) is 26.9 Å². The third kappa shape index (κ3) is 5.40. The zero-order valence-electron chi connectivity index (χ0n) is 18.9. The monoisotopic (exact) mass is 483 g/mol. The first-order chi connectivity index (χ1) is 16.5. The SMILES string of the molecule is Cc1cn(-c2cc(C(=O)Nc3ccc(NC(=O)c4cc(C)on4)c(C)c3)cc(C(F)(F)F)c2)cn1. The van der Waals surface area contributed by atoms with Crippen LogP contribution < -0.4 is 10.6 Å². The molecule has 2 N–H and O–H groups in total. The smallest absolute Gasteiger partial charge is 0.361 e. The van der Waals surface area contributed by atoms with Crippen molar-refractivity contribution in [1.29, 1.82) is 0 Å². The van der Waals surface area contributed by atoms with E-state index >= 15 is 0 Å². The highest BCUT2D eigenvalue weighted by Crippen LogP contribution is 2.32. The van der Waals surface area contributed by atoms with Crippen LogP contribution in [-0.2, 0) is 6.18 Å². The lowest BCUT2D eigenvalue weighted by molar-refractivity contribution is -0.137. The topological polar surface area (TPSA) is 102 Å². The minimum atomic E-state index is -4.64. The molecule has 8 nitrogen and oxygen atoms in total. The van der Waals surface area contributed by atoms with Gasteiger partial charge in [-0.05, 0) is 62.7 Å². The Labute approximate surface area is 197 Å². The standard InChI is InChI=1S/C24H20F3N5O3/c1-13-6-18(4-5-20(13)30-23(34)21-7-15(3)35-31-21)29-22(33)16-8-17(24(25,26)27)10-19(9-16)32-11-14(2)28-12-32/h4-12H,1-3H3,(H,29,33)(H,30,34). The van der Waals surface area contributed by atoms with E-state index in [0.29, 0.717) is 28.4 Å². The average Bonchev–Trinajstić information content (AvgIpc) is 3.43. The van der Waals surface area contributed by atoms with Gasteiger partial charge in [0.25, 0.3) is 11.8 Å². The van der Waals surface area contributed by atoms with Gasteiger partial charge in [-0.1, -0.05) is 5.16 Å². The molecule has 4 rings (SSSR count). The zero-order chi connectivity index (χ0) is 25.3. The Balaban J connectivity index is 1.56. The van der Waals surface area contributed by atoms with Gasteiger partial charge >= 0.3 is 6.18 Å². The number of carbonyl (C=O) groups is 2. The number of hydrogen-bond donors (Lipinski definition) is 2. The van der Waals surface area contributed by atoms with E-state index in [-0.39, 0.29) is 16.9 Å². The van der Waals surface area contributed by atoms with Gasteiger partial charge in [0.1, 0.15) is 5.76 Å². The van der Waals surface area contributed by atoms with E-state index in [0.717, 1.165) is 12.1 Å². The summed E-state index contributed by atoms with van der Waals surface area (Å²) in [7, 11) is 0. The summed E-state index contributed by atoms with van der Waals surface area (Å²) in [6, 6.07) is 9.29. The van der Waals surface area contributed by atoms with Gasteiger partial charge in [-0.15, -0.1) is 0 Å². The van der Waals surface area contributed by atoms with Crippen LogP contribution in [0, 0.1) is 20.8 Å². The van der Waals surface area contributed by atoms with Gasteiger partial charge < -0.3 is 19.7 Å². The lowest BCUT2D eigenvalue weighted by atomic mass is 10.1. The molecule has 2 aromatic carbocycles. The third-order valence-electron chi connectivity index (χ3n) is 5.11. The van der Waals surface area contributed by atoms with Crippen LogP contribution in [0.25, 0.3) is 5.69 Å². The van der Waals surface area contributed by atoms with Crippen LogP contribution in [0.4, 0.5) is 24.5 Å². The second-order valence-corrected chi connectivity index (χ2v) is 7.95. The molecule has 0 aliphatic carbocycles. The van der Waals surface area contributed by atoms with Crippen molar-refractivity contribution in [1.82, 2.24) is 14.7 Å². The number of nitrogens with one attached hydrogen (secondary N) is 2. The molecule has 0 radical (unpaired) electrons. The number of anilines is 2. The Morgan fingerprint density at radius 3 is 2.34 bits per heavy atom. The highest BCUT2D eigenvalue weighted by atomic mass is 19.4. The molecule has 0 aliphatic heterocycles. The number of imidazole rings is 1. The quantitative estimate of drug-likeness (QED) is 0.401. The lowest BCUT2D eigenvalue weighted by Gasteiger charge is -2.14. The summed E-state index contributed by atoms with van der Waals surface area (Å²) in [4.78, 5) is 29.2. The molecule has 0 saturated carbocycles. The van der Waals surface area contributed by atoms with Crippen molar-refractivity contribution in [3.63, 3.8) is 0 Å². The first kappa shape index (κ1) is 23.7. The Kier molecular flexibility index (Phi) is 6.16. The van der Waals surface area contributed by atoms with E-state index in [9.17, 15) is 22.8 Å². The fourth-order valence-corrected chi connectivity index (χ4v) is 3.36. The molecule has 35 heavy (non-hydrogen) atoms. The van der Waals surface area contributed by atoms with Crippen molar-refractivity contribution in [2.75, 3.05) is 10.6 Å². The summed E-state index contributed by atoms with van der Waals surface area (Å²) in [5, 5.41) is 8.96. The zero-order valence-corrected chi connectivity index (χ0v) is 18.9. The predicted octanol–water partition coefficient (Wildman–Crippen LogP) is 5.31. The molecule has 0 unspecified atom stereocenters. The molecule has 0 atom stereocenters. The van der Waals surface area contributed by atoms with Crippen molar-refractivity contribution < 1.29 is 27.3 Å². The number of benzene rings is 2. The van der Waals surface area contributed by atoms with E-state index in [1.807, 2.05) is 0 Å². The molecule has 180 valence electrons. The number of aromatic nitrogens is 3. The van der Waals surface area contributed by atoms with Crippen LogP contribution in [0.3, 0.4) is 0 Å². The first-order valence-corrected chi connectivity index (χ1v) is 10.4. The van der Waals surface area contributed by atoms with Crippen molar-refractivity contribution in [2.24, 2.45) is 0 Å². The number of aryl methyl sites for hydroxylation is 3. The number of rotatable bonds is 5. The lowest BCUT2D eigenvalue weighted by Crippen LogP contribution is -2.16. The van der Waals surface area contributed by atoms with E-state index in [4.69, 9.17) is 4.52 Å². The van der Waals surface area contributed by atoms with Crippen molar-refractivity contribution in [3.05, 3.63) is 88.8 Å². The van der Waals surface area contributed by atoms with Gasteiger partial charge in [0.2, 0.25) is 0 Å². The Bertz CT molecular complexity index is 1420. The van der Waals surface area contributed by atoms with Crippen LogP contribution in [-0.4, -0.2) is 26.5 Å². The Morgan fingerprint density at radius 1 is 0.971 bits per heavy atom. The molecule has 0 spiro atoms. The van der Waals surface area contributed by atoms with Crippen LogP contribution in [0.15, 0.2) is 59.5 Å². The summed E-state index contributed by atoms with van der Waals surface area (Å²) in [5.41, 5.74) is 1.22. The van der Waals surface area contributed by atoms with Gasteiger partial charge in [-0.25, -0.2) is 4.98 Å². The molecular weight excluding hydrogens is 463 g/mol. The molecule has 0 fully saturated rings. The number of nitrogens with zero attached hydrogens (tertiary/aromatic N) is 3. The van der Waals surface area contributed by atoms with Gasteiger partial charge in [0, 0.05) is 34.9 Å². The second-order valence-electron chi connectivity index (χ2n) is 7.95. The molecule has 0 saturated heterocycles. The molecular formula is C24H20F3N5O3. The second kappa shape index (κ2) is 9.09. The largest absolute Gasteiger partial charge is 0.416 e. The van der Waals surface area contributed by atoms with Gasteiger partial charge in [-0.3, -0.25) is 9.59 Å². The fourth-order valence-electron chi connectivity index (χ4n) is 3.36. The average molecular weight is 483 g/mol. The van der Waals surface area contributed by atoms with Crippen LogP contribution in [0.2, 0.25) is 0 Å². The molecule has 2 amide bonds. The van der Waals surface area contributed by atoms with Crippen LogP contribution >= 0.6 is 0 Å². The third-order valence-corrected chi connectivity index (χ3v) is 5.11. The molecule has 2 heterocycles. The number of carbonyl (C=O) groups excluding carboxylic acids is 2. The summed E-state index contributed by atoms with van der Waals surface area (Å²) in [6.07, 6.45) is -1.70. The molecule has 2 aromatic heterocycles. The van der Waals surface area contributed by atoms with Gasteiger partial charge in [0.15, 0.2) is 5.69 Å². The number of hydrogen-bond acceptors (Lipinski definition) is 5. The van der Waals surface area contributed by atoms with E-state index in [2.05, 4.69) is 20.8 Å². The highest BCUT2D eigenvalue weighted by molar-refractivity contribution is 6.06. The maximum Gasteiger partial charge on any atom is 0.416 e. The summed E-state index contributed by atoms with van der Waals surface area (Å²) in [5.74, 6) is -0.692. The Hall–Kier alpha value is -4.41. The fraction of sp³-hybridized carbons (Fsp3) is 0.167. The van der Waals surface area contributed by atoms with E-state index in [1.165, 1.54) is 29.1 Å². The van der Waals surface area contributed by atoms with Crippen molar-refractivity contribution >= 4 is 23.2 Å². The van der Waals surface area contributed by atoms with E-state index in [1.54, 1.807) is 39.1 Å². The molecule has 4 aromatic rings. The predicted molar refractivity (Wildman–Crippen MR) is 122 cm³/mol. The minimum absolute atomic E-state index is 0.118. The maximum atomic E-state index is 13.5. The molecule has 0 bridgehead atoms. The number of halogens is 3. The summed E-state index contributed by atoms with van der Waals surface area (Å²) < 4.78 is 46.8. The first-order valence-electron chi connectivity index (χ1n) is 10.4. The number of amides is 2. The summed E-state index contributed by atoms with van der Waals surface area (Å²) >= 11 is 0. The minimum Gasteiger partial charge on any atom is -0.361 e. The molecule has 11 heteroatoms. The molecule has 0 aliphatic rings. The van der Waals surface area contributed by atoms with Crippen LogP contribution in [0.5, 0.6) is 0 Å². The van der Waals surface area contributed by atoms with Crippen LogP contribution in [0.1, 0.15) is 43.4 Å². The Morgan fingerprint density at radius 2 is 1.74 bits per heavy atom. The maximum absolute atomic E-state index is 13.5. The normalized spacial score (nSPS) is 11.4. The van der Waals surface area contributed by atoms with E-state index < -0.39 is 23.6 Å². The highest BCUT2D eigenvalue weighted by Gasteiger charge is 2.32. The van der Waals surface area contributed by atoms with Gasteiger partial charge in [-0.2, -0.15) is 13.2 Å².